The lowest BCUT2D eigenvalue weighted by Crippen LogP contribution is -2.21. The third-order valence-electron chi connectivity index (χ3n) is 4.09. The molecule has 0 aliphatic rings. The highest BCUT2D eigenvalue weighted by atomic mass is 19.4. The number of anilines is 1. The number of halogens is 3. The minimum absolute atomic E-state index is 0.0610. The van der Waals surface area contributed by atoms with Gasteiger partial charge in [0.1, 0.15) is 23.7 Å². The van der Waals surface area contributed by atoms with Crippen LogP contribution in [0.2, 0.25) is 0 Å². The molecular weight excluding hydrogens is 419 g/mol. The van der Waals surface area contributed by atoms with Gasteiger partial charge in [-0.3, -0.25) is 4.79 Å². The third-order valence-corrected chi connectivity index (χ3v) is 4.09. The van der Waals surface area contributed by atoms with Gasteiger partial charge >= 0.3 is 11.8 Å². The molecular formula is C21H18F3NO6. The first kappa shape index (κ1) is 22.2. The van der Waals surface area contributed by atoms with Crippen LogP contribution in [0.4, 0.5) is 18.9 Å². The molecule has 2 aromatic carbocycles. The molecule has 1 N–H and O–H groups in total. The molecule has 0 unspecified atom stereocenters. The first-order valence-corrected chi connectivity index (χ1v) is 9.06. The minimum atomic E-state index is -4.59. The maximum atomic E-state index is 13.0. The predicted octanol–water partition coefficient (Wildman–Crippen LogP) is 3.85. The molecule has 31 heavy (non-hydrogen) atoms. The second kappa shape index (κ2) is 9.52. The lowest BCUT2D eigenvalue weighted by atomic mass is 10.1. The number of alkyl halides is 3. The molecule has 0 radical (unpaired) electrons. The number of carbonyl (C=O) groups is 1. The fourth-order valence-corrected chi connectivity index (χ4v) is 2.63. The average molecular weight is 437 g/mol. The van der Waals surface area contributed by atoms with Crippen LogP contribution >= 0.6 is 0 Å². The fourth-order valence-electron chi connectivity index (χ4n) is 2.63. The van der Waals surface area contributed by atoms with Crippen LogP contribution in [0.15, 0.2) is 57.7 Å². The standard InChI is InChI=1S/C21H18F3NO6/c1-28-8-9-29-17-6-4-14(21(22,23)24)10-16(17)25-19(26)12-30-15-5-2-13-3-7-20(27)31-18(13)11-15/h2-7,10-11H,8-9,12H2,1H3,(H,25,26). The molecule has 0 aliphatic carbocycles. The van der Waals surface area contributed by atoms with Crippen molar-refractivity contribution in [2.45, 2.75) is 6.18 Å². The Morgan fingerprint density at radius 1 is 1.03 bits per heavy atom. The number of hydrogen-bond acceptors (Lipinski definition) is 6. The summed E-state index contributed by atoms with van der Waals surface area (Å²) >= 11 is 0. The van der Waals surface area contributed by atoms with Crippen LogP contribution in [-0.4, -0.2) is 32.8 Å². The summed E-state index contributed by atoms with van der Waals surface area (Å²) in [4.78, 5) is 23.6. The van der Waals surface area contributed by atoms with Crippen LogP contribution in [0.5, 0.6) is 11.5 Å². The highest BCUT2D eigenvalue weighted by Crippen LogP contribution is 2.35. The number of carbonyl (C=O) groups excluding carboxylic acids is 1. The zero-order valence-corrected chi connectivity index (χ0v) is 16.3. The molecule has 3 aromatic rings. The number of methoxy groups -OCH3 is 1. The maximum Gasteiger partial charge on any atom is 0.416 e. The molecule has 164 valence electrons. The van der Waals surface area contributed by atoms with E-state index >= 15 is 0 Å². The number of hydrogen-bond donors (Lipinski definition) is 1. The van der Waals surface area contributed by atoms with E-state index in [2.05, 4.69) is 5.32 Å². The Bertz CT molecular complexity index is 1130. The van der Waals surface area contributed by atoms with E-state index in [0.29, 0.717) is 5.39 Å². The molecule has 1 amide bonds. The molecule has 0 spiro atoms. The Morgan fingerprint density at radius 3 is 2.55 bits per heavy atom. The van der Waals surface area contributed by atoms with E-state index in [1.165, 1.54) is 19.2 Å². The summed E-state index contributed by atoms with van der Waals surface area (Å²) in [5.74, 6) is -0.394. The Morgan fingerprint density at radius 2 is 1.81 bits per heavy atom. The highest BCUT2D eigenvalue weighted by molar-refractivity contribution is 5.93. The second-order valence-corrected chi connectivity index (χ2v) is 6.34. The lowest BCUT2D eigenvalue weighted by Gasteiger charge is -2.15. The van der Waals surface area contributed by atoms with Crippen molar-refractivity contribution in [3.05, 3.63) is 64.5 Å². The lowest BCUT2D eigenvalue weighted by molar-refractivity contribution is -0.137. The molecule has 0 saturated heterocycles. The highest BCUT2D eigenvalue weighted by Gasteiger charge is 2.31. The zero-order chi connectivity index (χ0) is 22.4. The van der Waals surface area contributed by atoms with Crippen LogP contribution in [-0.2, 0) is 15.7 Å². The second-order valence-electron chi connectivity index (χ2n) is 6.34. The van der Waals surface area contributed by atoms with Crippen LogP contribution in [0.1, 0.15) is 5.56 Å². The summed E-state index contributed by atoms with van der Waals surface area (Å²) < 4.78 is 59.8. The number of amides is 1. The normalized spacial score (nSPS) is 11.4. The summed E-state index contributed by atoms with van der Waals surface area (Å²) in [6.45, 7) is -0.185. The van der Waals surface area contributed by atoms with Crippen LogP contribution < -0.4 is 20.4 Å². The Balaban J connectivity index is 1.71. The van der Waals surface area contributed by atoms with Gasteiger partial charge in [-0.1, -0.05) is 0 Å². The van der Waals surface area contributed by atoms with Crippen molar-refractivity contribution in [2.75, 3.05) is 32.2 Å². The van der Waals surface area contributed by atoms with Gasteiger partial charge in [0.25, 0.3) is 5.91 Å². The summed E-state index contributed by atoms with van der Waals surface area (Å²) in [5, 5.41) is 3.03. The molecule has 3 rings (SSSR count). The Hall–Kier alpha value is -3.53. The predicted molar refractivity (Wildman–Crippen MR) is 105 cm³/mol. The Kier molecular flexibility index (Phi) is 6.81. The average Bonchev–Trinajstić information content (AvgIpc) is 2.72. The summed E-state index contributed by atoms with van der Waals surface area (Å²) in [6, 6.07) is 10.3. The van der Waals surface area contributed by atoms with Crippen molar-refractivity contribution in [3.63, 3.8) is 0 Å². The summed E-state index contributed by atoms with van der Waals surface area (Å²) in [7, 11) is 1.45. The van der Waals surface area contributed by atoms with Crippen LogP contribution in [0.3, 0.4) is 0 Å². The molecule has 0 saturated carbocycles. The number of fused-ring (bicyclic) bond motifs is 1. The van der Waals surface area contributed by atoms with Crippen molar-refractivity contribution >= 4 is 22.6 Å². The van der Waals surface area contributed by atoms with Crippen molar-refractivity contribution in [1.82, 2.24) is 0 Å². The van der Waals surface area contributed by atoms with Gasteiger partial charge in [-0.05, 0) is 36.4 Å². The van der Waals surface area contributed by atoms with Crippen molar-refractivity contribution in [1.29, 1.82) is 0 Å². The van der Waals surface area contributed by atoms with Crippen molar-refractivity contribution in [2.24, 2.45) is 0 Å². The van der Waals surface area contributed by atoms with Gasteiger partial charge in [0.2, 0.25) is 0 Å². The summed E-state index contributed by atoms with van der Waals surface area (Å²) in [5.41, 5.74) is -1.35. The van der Waals surface area contributed by atoms with Gasteiger partial charge in [0.15, 0.2) is 6.61 Å². The van der Waals surface area contributed by atoms with E-state index in [9.17, 15) is 22.8 Å². The van der Waals surface area contributed by atoms with Gasteiger partial charge in [0, 0.05) is 24.6 Å². The van der Waals surface area contributed by atoms with Gasteiger partial charge < -0.3 is 23.9 Å². The smallest absolute Gasteiger partial charge is 0.416 e. The van der Waals surface area contributed by atoms with Crippen molar-refractivity contribution < 1.29 is 36.6 Å². The number of rotatable bonds is 8. The first-order chi connectivity index (χ1) is 14.8. The van der Waals surface area contributed by atoms with Gasteiger partial charge in [-0.25, -0.2) is 4.79 Å². The Labute approximate surface area is 174 Å². The van der Waals surface area contributed by atoms with E-state index in [1.54, 1.807) is 18.2 Å². The van der Waals surface area contributed by atoms with Crippen molar-refractivity contribution in [3.8, 4) is 11.5 Å². The largest absolute Gasteiger partial charge is 0.489 e. The molecule has 0 fully saturated rings. The van der Waals surface area contributed by atoms with Crippen LogP contribution in [0, 0.1) is 0 Å². The zero-order valence-electron chi connectivity index (χ0n) is 16.3. The first-order valence-electron chi connectivity index (χ1n) is 9.06. The number of ether oxygens (including phenoxy) is 3. The molecule has 7 nitrogen and oxygen atoms in total. The van der Waals surface area contributed by atoms with Gasteiger partial charge in [-0.2, -0.15) is 13.2 Å². The minimum Gasteiger partial charge on any atom is -0.489 e. The number of benzene rings is 2. The monoisotopic (exact) mass is 437 g/mol. The van der Waals surface area contributed by atoms with Gasteiger partial charge in [0.05, 0.1) is 17.9 Å². The maximum absolute atomic E-state index is 13.0. The molecule has 0 atom stereocenters. The number of nitrogens with one attached hydrogen (secondary N) is 1. The quantitative estimate of drug-likeness (QED) is 0.426. The van der Waals surface area contributed by atoms with E-state index in [0.717, 1.165) is 18.2 Å². The van der Waals surface area contributed by atoms with Gasteiger partial charge in [-0.15, -0.1) is 0 Å². The van der Waals surface area contributed by atoms with Crippen LogP contribution in [0.25, 0.3) is 11.0 Å². The molecule has 1 aromatic heterocycles. The SMILES string of the molecule is COCCOc1ccc(C(F)(F)F)cc1NC(=O)COc1ccc2ccc(=O)oc2c1. The fraction of sp³-hybridized carbons (Fsp3) is 0.238. The molecule has 1 heterocycles. The molecule has 0 aliphatic heterocycles. The van der Waals surface area contributed by atoms with E-state index < -0.39 is 29.9 Å². The topological polar surface area (TPSA) is 87.0 Å². The van der Waals surface area contributed by atoms with E-state index in [4.69, 9.17) is 18.6 Å². The van der Waals surface area contributed by atoms with E-state index in [1.807, 2.05) is 0 Å². The summed E-state index contributed by atoms with van der Waals surface area (Å²) in [6.07, 6.45) is -4.59. The molecule has 10 heteroatoms. The third kappa shape index (κ3) is 5.98. The van der Waals surface area contributed by atoms with E-state index in [-0.39, 0.29) is 36.0 Å². The molecule has 0 bridgehead atoms.